The Labute approximate surface area is 140 Å². The second-order valence-electron chi connectivity index (χ2n) is 4.95. The summed E-state index contributed by atoms with van der Waals surface area (Å²) >= 11 is 4.99. The lowest BCUT2D eigenvalue weighted by Crippen LogP contribution is -2.21. The van der Waals surface area contributed by atoms with E-state index in [1.807, 2.05) is 10.7 Å². The lowest BCUT2D eigenvalue weighted by molar-refractivity contribution is 0.611. The van der Waals surface area contributed by atoms with E-state index in [1.54, 1.807) is 18.8 Å². The van der Waals surface area contributed by atoms with Gasteiger partial charge in [-0.05, 0) is 28.6 Å². The summed E-state index contributed by atoms with van der Waals surface area (Å²) < 4.78 is 4.81. The standard InChI is InChI=1S/C13H18BrN7S/c1-4-5-6-7-20-10-8(16-11(14)17-10)9(15-2)21-12(20)18-19-13(21)22-3/h4-7H2,1-3H3,(H,16,17). The molecular formula is C13H18BrN7S. The van der Waals surface area contributed by atoms with Gasteiger partial charge in [-0.3, -0.25) is 9.56 Å². The lowest BCUT2D eigenvalue weighted by Gasteiger charge is -2.10. The zero-order valence-corrected chi connectivity index (χ0v) is 15.2. The van der Waals surface area contributed by atoms with Crippen molar-refractivity contribution in [2.24, 2.45) is 4.99 Å². The number of aryl methyl sites for hydroxylation is 1. The van der Waals surface area contributed by atoms with Crippen LogP contribution >= 0.6 is 27.7 Å². The van der Waals surface area contributed by atoms with E-state index < -0.39 is 0 Å². The molecule has 22 heavy (non-hydrogen) atoms. The fourth-order valence-corrected chi connectivity index (χ4v) is 3.43. The maximum Gasteiger partial charge on any atom is 0.239 e. The summed E-state index contributed by atoms with van der Waals surface area (Å²) in [5, 5.41) is 9.47. The van der Waals surface area contributed by atoms with E-state index in [-0.39, 0.29) is 0 Å². The molecule has 0 aliphatic carbocycles. The van der Waals surface area contributed by atoms with E-state index in [2.05, 4.69) is 52.6 Å². The highest BCUT2D eigenvalue weighted by atomic mass is 79.9. The molecule has 0 bridgehead atoms. The summed E-state index contributed by atoms with van der Waals surface area (Å²) in [4.78, 5) is 12.2. The number of hydrogen-bond acceptors (Lipinski definition) is 5. The predicted octanol–water partition coefficient (Wildman–Crippen LogP) is 2.61. The normalized spacial score (nSPS) is 12.8. The first kappa shape index (κ1) is 15.5. The molecule has 3 rings (SSSR count). The summed E-state index contributed by atoms with van der Waals surface area (Å²) in [7, 11) is 1.77. The van der Waals surface area contributed by atoms with E-state index in [0.29, 0.717) is 4.73 Å². The number of imidazole rings is 1. The van der Waals surface area contributed by atoms with Crippen LogP contribution in [0.1, 0.15) is 26.2 Å². The maximum absolute atomic E-state index is 4.56. The maximum atomic E-state index is 4.56. The van der Waals surface area contributed by atoms with Crippen LogP contribution in [-0.2, 0) is 6.54 Å². The van der Waals surface area contributed by atoms with Crippen LogP contribution in [-0.4, -0.2) is 42.4 Å². The number of H-pyrrole nitrogens is 1. The summed E-state index contributed by atoms with van der Waals surface area (Å²) in [5.74, 6) is 0.785. The van der Waals surface area contributed by atoms with Gasteiger partial charge in [0.05, 0.1) is 0 Å². The number of hydrogen-bond donors (Lipinski definition) is 1. The van der Waals surface area contributed by atoms with Crippen LogP contribution < -0.4 is 5.49 Å². The van der Waals surface area contributed by atoms with Crippen molar-refractivity contribution in [3.05, 3.63) is 10.2 Å². The molecule has 0 atom stereocenters. The minimum absolute atomic E-state index is 0.698. The Morgan fingerprint density at radius 3 is 2.82 bits per heavy atom. The fourth-order valence-electron chi connectivity index (χ4n) is 2.59. The molecule has 0 aliphatic rings. The molecular weight excluding hydrogens is 366 g/mol. The largest absolute Gasteiger partial charge is 0.328 e. The van der Waals surface area contributed by atoms with E-state index >= 15 is 0 Å². The van der Waals surface area contributed by atoms with E-state index in [1.165, 1.54) is 12.8 Å². The zero-order valence-electron chi connectivity index (χ0n) is 12.8. The van der Waals surface area contributed by atoms with Crippen LogP contribution in [0.25, 0.3) is 16.9 Å². The molecule has 3 aromatic rings. The van der Waals surface area contributed by atoms with E-state index in [9.17, 15) is 0 Å². The van der Waals surface area contributed by atoms with Crippen molar-refractivity contribution in [3.8, 4) is 0 Å². The second kappa shape index (κ2) is 6.41. The van der Waals surface area contributed by atoms with Crippen molar-refractivity contribution < 1.29 is 0 Å². The number of halogens is 1. The third kappa shape index (κ3) is 2.45. The summed E-state index contributed by atoms with van der Waals surface area (Å²) in [6, 6.07) is 0. The summed E-state index contributed by atoms with van der Waals surface area (Å²) in [6.07, 6.45) is 5.43. The molecule has 0 saturated carbocycles. The molecule has 0 radical (unpaired) electrons. The molecule has 0 unspecified atom stereocenters. The van der Waals surface area contributed by atoms with Crippen LogP contribution in [0.5, 0.6) is 0 Å². The Morgan fingerprint density at radius 2 is 2.14 bits per heavy atom. The molecule has 1 N–H and O–H groups in total. The molecule has 0 amide bonds. The van der Waals surface area contributed by atoms with Gasteiger partial charge < -0.3 is 4.98 Å². The van der Waals surface area contributed by atoms with Gasteiger partial charge >= 0.3 is 0 Å². The number of thioether (sulfide) groups is 1. The average Bonchev–Trinajstić information content (AvgIpc) is 3.10. The van der Waals surface area contributed by atoms with Crippen molar-refractivity contribution in [3.63, 3.8) is 0 Å². The molecule has 118 valence electrons. The van der Waals surface area contributed by atoms with Crippen molar-refractivity contribution in [2.45, 2.75) is 37.9 Å². The van der Waals surface area contributed by atoms with Gasteiger partial charge in [0.25, 0.3) is 0 Å². The molecule has 7 nitrogen and oxygen atoms in total. The van der Waals surface area contributed by atoms with E-state index in [0.717, 1.165) is 40.6 Å². The highest BCUT2D eigenvalue weighted by Crippen LogP contribution is 2.19. The third-order valence-corrected chi connectivity index (χ3v) is 4.59. The highest BCUT2D eigenvalue weighted by molar-refractivity contribution is 9.10. The molecule has 9 heteroatoms. The quantitative estimate of drug-likeness (QED) is 0.417. The number of unbranched alkanes of at least 4 members (excludes halogenated alkanes) is 2. The molecule has 0 aliphatic heterocycles. The third-order valence-electron chi connectivity index (χ3n) is 3.58. The highest BCUT2D eigenvalue weighted by Gasteiger charge is 2.17. The van der Waals surface area contributed by atoms with Crippen molar-refractivity contribution in [2.75, 3.05) is 13.3 Å². The Balaban J connectivity index is 2.37. The molecule has 0 spiro atoms. The first-order valence-electron chi connectivity index (χ1n) is 7.21. The Bertz CT molecular complexity index is 876. The van der Waals surface area contributed by atoms with Crippen molar-refractivity contribution in [1.29, 1.82) is 0 Å². The predicted molar refractivity (Wildman–Crippen MR) is 91.1 cm³/mol. The topological polar surface area (TPSA) is 76.2 Å². The van der Waals surface area contributed by atoms with Crippen LogP contribution in [0.15, 0.2) is 14.9 Å². The Kier molecular flexibility index (Phi) is 4.53. The number of aromatic nitrogens is 6. The van der Waals surface area contributed by atoms with Crippen LogP contribution in [0.3, 0.4) is 0 Å². The minimum Gasteiger partial charge on any atom is -0.328 e. The molecule has 0 fully saturated rings. The van der Waals surface area contributed by atoms with Crippen molar-refractivity contribution in [1.82, 2.24) is 29.1 Å². The van der Waals surface area contributed by atoms with Gasteiger partial charge in [-0.15, -0.1) is 10.2 Å². The van der Waals surface area contributed by atoms with Gasteiger partial charge in [0.1, 0.15) is 5.52 Å². The van der Waals surface area contributed by atoms with Crippen molar-refractivity contribution >= 4 is 44.6 Å². The lowest BCUT2D eigenvalue weighted by atomic mass is 10.2. The monoisotopic (exact) mass is 383 g/mol. The van der Waals surface area contributed by atoms with Crippen LogP contribution in [0.4, 0.5) is 0 Å². The summed E-state index contributed by atoms with van der Waals surface area (Å²) in [6.45, 7) is 3.06. The molecule has 3 aromatic heterocycles. The van der Waals surface area contributed by atoms with Crippen LogP contribution in [0.2, 0.25) is 0 Å². The average molecular weight is 384 g/mol. The molecule has 0 aromatic carbocycles. The number of rotatable bonds is 5. The summed E-state index contributed by atoms with van der Waals surface area (Å²) in [5.41, 5.74) is 2.55. The number of fused-ring (bicyclic) bond motifs is 2. The SMILES string of the molecule is CCCCCn1c2nc(Br)[nH]c2c(=NC)n2c(SC)nnc12. The number of nitrogens with zero attached hydrogens (tertiary/aromatic N) is 6. The van der Waals surface area contributed by atoms with Crippen LogP contribution in [0, 0.1) is 0 Å². The Morgan fingerprint density at radius 1 is 1.32 bits per heavy atom. The molecule has 3 heterocycles. The number of nitrogens with one attached hydrogen (secondary N) is 1. The number of aromatic amines is 1. The zero-order chi connectivity index (χ0) is 15.7. The fraction of sp³-hybridized carbons (Fsp3) is 0.538. The molecule has 0 saturated heterocycles. The minimum atomic E-state index is 0.698. The van der Waals surface area contributed by atoms with Gasteiger partial charge in [-0.25, -0.2) is 9.38 Å². The van der Waals surface area contributed by atoms with Gasteiger partial charge in [-0.2, -0.15) is 0 Å². The second-order valence-corrected chi connectivity index (χ2v) is 6.48. The van der Waals surface area contributed by atoms with Gasteiger partial charge in [-0.1, -0.05) is 31.5 Å². The first-order chi connectivity index (χ1) is 10.7. The van der Waals surface area contributed by atoms with Gasteiger partial charge in [0.15, 0.2) is 21.0 Å². The Hall–Kier alpha value is -1.35. The van der Waals surface area contributed by atoms with E-state index in [4.69, 9.17) is 0 Å². The van der Waals surface area contributed by atoms with Gasteiger partial charge in [0.2, 0.25) is 5.78 Å². The van der Waals surface area contributed by atoms with Gasteiger partial charge in [0, 0.05) is 13.6 Å². The smallest absolute Gasteiger partial charge is 0.239 e. The first-order valence-corrected chi connectivity index (χ1v) is 9.23.